The summed E-state index contributed by atoms with van der Waals surface area (Å²) < 4.78 is 10.4. The standard InChI is InChI=1S/C27H42O5/c1-3-5-7-9-11-13-15-21-17-24(26(28)29)25(27(30)32-20-23-19-31-23)18-22(21)16-14-12-10-8-6-4-2/h17-18,23H,3-16,19-20H2,1-2H3,(H,28,29). The van der Waals surface area contributed by atoms with E-state index in [9.17, 15) is 14.7 Å². The number of ether oxygens (including phenoxy) is 2. The number of hydrogen-bond donors (Lipinski definition) is 1. The lowest BCUT2D eigenvalue weighted by atomic mass is 9.91. The summed E-state index contributed by atoms with van der Waals surface area (Å²) in [6.07, 6.45) is 16.1. The molecule has 0 aromatic heterocycles. The maximum Gasteiger partial charge on any atom is 0.339 e. The van der Waals surface area contributed by atoms with Gasteiger partial charge in [0, 0.05) is 0 Å². The number of epoxide rings is 1. The fraction of sp³-hybridized carbons (Fsp3) is 0.704. The lowest BCUT2D eigenvalue weighted by molar-refractivity contribution is 0.0467. The van der Waals surface area contributed by atoms with Crippen LogP contribution in [0.4, 0.5) is 0 Å². The van der Waals surface area contributed by atoms with Gasteiger partial charge in [-0.1, -0.05) is 78.1 Å². The van der Waals surface area contributed by atoms with Crippen LogP contribution in [0, 0.1) is 0 Å². The Morgan fingerprint density at radius 1 is 0.844 bits per heavy atom. The molecule has 1 aliphatic heterocycles. The molecule has 5 nitrogen and oxygen atoms in total. The van der Waals surface area contributed by atoms with Crippen LogP contribution in [-0.4, -0.2) is 36.4 Å². The van der Waals surface area contributed by atoms with E-state index in [4.69, 9.17) is 9.47 Å². The highest BCUT2D eigenvalue weighted by Gasteiger charge is 2.26. The predicted molar refractivity (Wildman–Crippen MR) is 128 cm³/mol. The van der Waals surface area contributed by atoms with Crippen molar-refractivity contribution < 1.29 is 24.2 Å². The molecule has 1 fully saturated rings. The summed E-state index contributed by atoms with van der Waals surface area (Å²) in [4.78, 5) is 24.6. The minimum Gasteiger partial charge on any atom is -0.478 e. The van der Waals surface area contributed by atoms with Gasteiger partial charge in [-0.25, -0.2) is 9.59 Å². The topological polar surface area (TPSA) is 76.1 Å². The fourth-order valence-electron chi connectivity index (χ4n) is 4.10. The number of aryl methyl sites for hydroxylation is 2. The normalized spacial score (nSPS) is 15.0. The fourth-order valence-corrected chi connectivity index (χ4v) is 4.10. The van der Waals surface area contributed by atoms with Crippen LogP contribution < -0.4 is 0 Å². The van der Waals surface area contributed by atoms with Crippen LogP contribution in [0.15, 0.2) is 12.1 Å². The van der Waals surface area contributed by atoms with Gasteiger partial charge in [-0.05, 0) is 48.9 Å². The molecule has 1 aromatic carbocycles. The maximum atomic E-state index is 12.6. The molecule has 1 saturated heterocycles. The van der Waals surface area contributed by atoms with E-state index in [0.717, 1.165) is 49.7 Å². The Bertz CT molecular complexity index is 708. The molecule has 5 heteroatoms. The van der Waals surface area contributed by atoms with Crippen molar-refractivity contribution in [3.63, 3.8) is 0 Å². The summed E-state index contributed by atoms with van der Waals surface area (Å²) >= 11 is 0. The average molecular weight is 447 g/mol. The van der Waals surface area contributed by atoms with Gasteiger partial charge in [0.15, 0.2) is 0 Å². The van der Waals surface area contributed by atoms with E-state index in [-0.39, 0.29) is 23.8 Å². The van der Waals surface area contributed by atoms with Gasteiger partial charge in [0.25, 0.3) is 0 Å². The van der Waals surface area contributed by atoms with Gasteiger partial charge < -0.3 is 14.6 Å². The molecule has 1 heterocycles. The van der Waals surface area contributed by atoms with Crippen LogP contribution in [0.2, 0.25) is 0 Å². The Morgan fingerprint density at radius 3 is 1.78 bits per heavy atom. The highest BCUT2D eigenvalue weighted by Crippen LogP contribution is 2.24. The number of carbonyl (C=O) groups excluding carboxylic acids is 1. The molecule has 32 heavy (non-hydrogen) atoms. The van der Waals surface area contributed by atoms with Gasteiger partial charge >= 0.3 is 11.9 Å². The van der Waals surface area contributed by atoms with Gasteiger partial charge in [0.05, 0.1) is 17.7 Å². The van der Waals surface area contributed by atoms with Crippen molar-refractivity contribution in [2.75, 3.05) is 13.2 Å². The van der Waals surface area contributed by atoms with Crippen molar-refractivity contribution in [2.24, 2.45) is 0 Å². The quantitative estimate of drug-likeness (QED) is 0.153. The van der Waals surface area contributed by atoms with Gasteiger partial charge in [-0.3, -0.25) is 0 Å². The first-order valence-electron chi connectivity index (χ1n) is 12.7. The summed E-state index contributed by atoms with van der Waals surface area (Å²) in [6, 6.07) is 3.52. The summed E-state index contributed by atoms with van der Waals surface area (Å²) in [7, 11) is 0. The minimum atomic E-state index is -1.07. The van der Waals surface area contributed by atoms with Gasteiger partial charge in [0.1, 0.15) is 12.7 Å². The number of esters is 1. The van der Waals surface area contributed by atoms with E-state index >= 15 is 0 Å². The van der Waals surface area contributed by atoms with Crippen molar-refractivity contribution in [3.8, 4) is 0 Å². The molecule has 1 N–H and O–H groups in total. The predicted octanol–water partition coefficient (Wildman–Crippen LogP) is 6.75. The molecule has 0 spiro atoms. The molecule has 1 atom stereocenters. The highest BCUT2D eigenvalue weighted by molar-refractivity contribution is 6.02. The molecular formula is C27H42O5. The highest BCUT2D eigenvalue weighted by atomic mass is 16.6. The van der Waals surface area contributed by atoms with Gasteiger partial charge in [-0.15, -0.1) is 0 Å². The van der Waals surface area contributed by atoms with Crippen molar-refractivity contribution in [2.45, 2.75) is 110 Å². The number of unbranched alkanes of at least 4 members (excludes halogenated alkanes) is 10. The van der Waals surface area contributed by atoms with Gasteiger partial charge in [-0.2, -0.15) is 0 Å². The zero-order valence-electron chi connectivity index (χ0n) is 20.1. The Labute approximate surface area is 193 Å². The molecular weight excluding hydrogens is 404 g/mol. The lowest BCUT2D eigenvalue weighted by Crippen LogP contribution is -2.16. The lowest BCUT2D eigenvalue weighted by Gasteiger charge is -2.15. The molecule has 1 unspecified atom stereocenters. The number of carboxylic acid groups (broad SMARTS) is 1. The smallest absolute Gasteiger partial charge is 0.339 e. The van der Waals surface area contributed by atoms with Crippen LogP contribution in [0.25, 0.3) is 0 Å². The second-order valence-corrected chi connectivity index (χ2v) is 9.06. The number of carbonyl (C=O) groups is 2. The summed E-state index contributed by atoms with van der Waals surface area (Å²) in [6.45, 7) is 5.21. The third kappa shape index (κ3) is 9.72. The zero-order chi connectivity index (χ0) is 23.2. The number of benzene rings is 1. The first kappa shape index (κ1) is 26.4. The molecule has 0 bridgehead atoms. The Kier molecular flexibility index (Phi) is 12.4. The van der Waals surface area contributed by atoms with Crippen LogP contribution in [0.5, 0.6) is 0 Å². The first-order chi connectivity index (χ1) is 15.6. The largest absolute Gasteiger partial charge is 0.478 e. The Morgan fingerprint density at radius 2 is 1.31 bits per heavy atom. The zero-order valence-corrected chi connectivity index (χ0v) is 20.1. The third-order valence-electron chi connectivity index (χ3n) is 6.19. The van der Waals surface area contributed by atoms with E-state index in [0.29, 0.717) is 6.61 Å². The van der Waals surface area contributed by atoms with Crippen LogP contribution in [0.3, 0.4) is 0 Å². The Hall–Kier alpha value is -1.88. The monoisotopic (exact) mass is 446 g/mol. The molecule has 0 aliphatic carbocycles. The average Bonchev–Trinajstić information content (AvgIpc) is 3.61. The summed E-state index contributed by atoms with van der Waals surface area (Å²) in [5.41, 5.74) is 2.41. The molecule has 180 valence electrons. The first-order valence-corrected chi connectivity index (χ1v) is 12.7. The molecule has 0 radical (unpaired) electrons. The Balaban J connectivity index is 2.08. The number of hydrogen-bond acceptors (Lipinski definition) is 4. The third-order valence-corrected chi connectivity index (χ3v) is 6.19. The summed E-state index contributed by atoms with van der Waals surface area (Å²) in [5, 5.41) is 9.75. The molecule has 0 amide bonds. The van der Waals surface area contributed by atoms with Crippen LogP contribution in [0.1, 0.15) is 123 Å². The van der Waals surface area contributed by atoms with E-state index in [2.05, 4.69) is 13.8 Å². The van der Waals surface area contributed by atoms with Crippen molar-refractivity contribution in [3.05, 3.63) is 34.4 Å². The number of rotatable bonds is 18. The van der Waals surface area contributed by atoms with Crippen molar-refractivity contribution in [1.29, 1.82) is 0 Å². The summed E-state index contributed by atoms with van der Waals surface area (Å²) in [5.74, 6) is -1.64. The number of aromatic carboxylic acids is 1. The van der Waals surface area contributed by atoms with Crippen LogP contribution >= 0.6 is 0 Å². The van der Waals surface area contributed by atoms with Crippen molar-refractivity contribution in [1.82, 2.24) is 0 Å². The van der Waals surface area contributed by atoms with E-state index in [1.54, 1.807) is 12.1 Å². The minimum absolute atomic E-state index is 0.0400. The molecule has 0 saturated carbocycles. The van der Waals surface area contributed by atoms with Crippen molar-refractivity contribution >= 4 is 11.9 Å². The second kappa shape index (κ2) is 15.0. The maximum absolute atomic E-state index is 12.6. The molecule has 1 aromatic rings. The molecule has 2 rings (SSSR count). The van der Waals surface area contributed by atoms with Gasteiger partial charge in [0.2, 0.25) is 0 Å². The van der Waals surface area contributed by atoms with E-state index in [1.165, 1.54) is 51.4 Å². The second-order valence-electron chi connectivity index (χ2n) is 9.06. The molecule has 1 aliphatic rings. The van der Waals surface area contributed by atoms with Crippen LogP contribution in [-0.2, 0) is 22.3 Å². The van der Waals surface area contributed by atoms with E-state index < -0.39 is 11.9 Å². The SMILES string of the molecule is CCCCCCCCc1cc(C(=O)O)c(C(=O)OCC2CO2)cc1CCCCCCCC. The van der Waals surface area contributed by atoms with E-state index in [1.807, 2.05) is 0 Å². The number of carboxylic acids is 1.